The molecule has 4 aromatic carbocycles. The van der Waals surface area contributed by atoms with E-state index in [4.69, 9.17) is 15.0 Å². The molecular weight excluding hydrogens is 472 g/mol. The lowest BCUT2D eigenvalue weighted by Gasteiger charge is -2.10. The van der Waals surface area contributed by atoms with Gasteiger partial charge in [0.2, 0.25) is 0 Å². The normalized spacial score (nSPS) is 11.2. The minimum Gasteiger partial charge on any atom is -0.252 e. The molecule has 0 saturated carbocycles. The van der Waals surface area contributed by atoms with Crippen LogP contribution in [-0.4, -0.2) is 19.9 Å². The average Bonchev–Trinajstić information content (AvgIpc) is 3.36. The number of aromatic nitrogens is 4. The molecule has 0 aliphatic carbocycles. The molecule has 0 aliphatic heterocycles. The van der Waals surface area contributed by atoms with E-state index in [1.54, 1.807) is 23.7 Å². The summed E-state index contributed by atoms with van der Waals surface area (Å²) in [6.45, 7) is 0. The van der Waals surface area contributed by atoms with Gasteiger partial charge in [-0.05, 0) is 12.1 Å². The molecule has 3 heterocycles. The van der Waals surface area contributed by atoms with Crippen LogP contribution in [0.1, 0.15) is 0 Å². The summed E-state index contributed by atoms with van der Waals surface area (Å²) in [5.74, 6) is 0.699. The van der Waals surface area contributed by atoms with E-state index >= 15 is 0 Å². The maximum atomic E-state index is 5.14. The molecule has 174 valence electrons. The van der Waals surface area contributed by atoms with Gasteiger partial charge in [0.1, 0.15) is 4.83 Å². The van der Waals surface area contributed by atoms with Gasteiger partial charge in [-0.25, -0.2) is 9.97 Å². The Labute approximate surface area is 218 Å². The third-order valence-corrected chi connectivity index (χ3v) is 7.49. The molecule has 0 amide bonds. The van der Waals surface area contributed by atoms with Crippen LogP contribution in [0.15, 0.2) is 122 Å². The number of nitrogens with zero attached hydrogens (tertiary/aromatic N) is 4. The van der Waals surface area contributed by atoms with Crippen molar-refractivity contribution >= 4 is 31.6 Å². The van der Waals surface area contributed by atoms with Gasteiger partial charge in [0, 0.05) is 50.1 Å². The Bertz CT molecular complexity index is 1880. The third kappa shape index (κ3) is 3.86. The van der Waals surface area contributed by atoms with Gasteiger partial charge in [0.05, 0.1) is 17.1 Å². The largest absolute Gasteiger partial charge is 0.252 e. The Balaban J connectivity index is 1.43. The van der Waals surface area contributed by atoms with Crippen molar-refractivity contribution in [1.82, 2.24) is 19.9 Å². The summed E-state index contributed by atoms with van der Waals surface area (Å²) in [6, 6.07) is 37.2. The van der Waals surface area contributed by atoms with Gasteiger partial charge >= 0.3 is 0 Å². The number of hydrogen-bond donors (Lipinski definition) is 0. The lowest BCUT2D eigenvalue weighted by atomic mass is 10.0. The molecule has 7 rings (SSSR count). The SMILES string of the molecule is c1ccc(-c2nccnc2-c2cccc(-c3nc(-c4ccccc4)c4c(n3)sc3ccccc34)c2)cc1. The number of hydrogen-bond acceptors (Lipinski definition) is 5. The molecule has 4 nitrogen and oxygen atoms in total. The highest BCUT2D eigenvalue weighted by Gasteiger charge is 2.17. The van der Waals surface area contributed by atoms with Crippen molar-refractivity contribution in [3.63, 3.8) is 0 Å². The Morgan fingerprint density at radius 1 is 0.486 bits per heavy atom. The van der Waals surface area contributed by atoms with E-state index in [2.05, 4.69) is 83.8 Å². The summed E-state index contributed by atoms with van der Waals surface area (Å²) in [7, 11) is 0. The molecule has 0 unspecified atom stereocenters. The van der Waals surface area contributed by atoms with Crippen LogP contribution in [0.25, 0.3) is 65.5 Å². The van der Waals surface area contributed by atoms with E-state index in [9.17, 15) is 0 Å². The highest BCUT2D eigenvalue weighted by atomic mass is 32.1. The Morgan fingerprint density at radius 2 is 1.08 bits per heavy atom. The van der Waals surface area contributed by atoms with Gasteiger partial charge in [-0.2, -0.15) is 0 Å². The molecule has 3 aromatic heterocycles. The van der Waals surface area contributed by atoms with Crippen molar-refractivity contribution in [3.8, 4) is 45.2 Å². The summed E-state index contributed by atoms with van der Waals surface area (Å²) in [5.41, 5.74) is 6.67. The second kappa shape index (κ2) is 9.04. The highest BCUT2D eigenvalue weighted by Crippen LogP contribution is 2.39. The maximum Gasteiger partial charge on any atom is 0.161 e. The first-order valence-electron chi connectivity index (χ1n) is 12.1. The molecule has 37 heavy (non-hydrogen) atoms. The van der Waals surface area contributed by atoms with Crippen LogP contribution in [0.2, 0.25) is 0 Å². The van der Waals surface area contributed by atoms with E-state index in [0.29, 0.717) is 5.82 Å². The van der Waals surface area contributed by atoms with Gasteiger partial charge in [0.15, 0.2) is 5.82 Å². The summed E-state index contributed by atoms with van der Waals surface area (Å²) >= 11 is 1.71. The van der Waals surface area contributed by atoms with Crippen LogP contribution < -0.4 is 0 Å². The van der Waals surface area contributed by atoms with E-state index in [-0.39, 0.29) is 0 Å². The zero-order valence-electron chi connectivity index (χ0n) is 19.7. The van der Waals surface area contributed by atoms with Gasteiger partial charge in [0.25, 0.3) is 0 Å². The molecule has 5 heteroatoms. The first-order valence-corrected chi connectivity index (χ1v) is 12.9. The second-order valence-electron chi connectivity index (χ2n) is 8.74. The van der Waals surface area contributed by atoms with Crippen molar-refractivity contribution in [1.29, 1.82) is 0 Å². The van der Waals surface area contributed by atoms with E-state index in [1.165, 1.54) is 10.1 Å². The summed E-state index contributed by atoms with van der Waals surface area (Å²) in [4.78, 5) is 20.5. The Kier molecular flexibility index (Phi) is 5.26. The molecule has 0 N–H and O–H groups in total. The Morgan fingerprint density at radius 3 is 1.84 bits per heavy atom. The lowest BCUT2D eigenvalue weighted by molar-refractivity contribution is 1.21. The monoisotopic (exact) mass is 492 g/mol. The average molecular weight is 493 g/mol. The van der Waals surface area contributed by atoms with E-state index in [0.717, 1.165) is 49.6 Å². The molecular formula is C32H20N4S. The fourth-order valence-electron chi connectivity index (χ4n) is 4.72. The van der Waals surface area contributed by atoms with Crippen molar-refractivity contribution in [3.05, 3.63) is 122 Å². The molecule has 0 radical (unpaired) electrons. The summed E-state index contributed by atoms with van der Waals surface area (Å²) in [5, 5.41) is 2.29. The van der Waals surface area contributed by atoms with Crippen molar-refractivity contribution in [2.24, 2.45) is 0 Å². The molecule has 0 aliphatic rings. The number of rotatable bonds is 4. The zero-order valence-corrected chi connectivity index (χ0v) is 20.6. The van der Waals surface area contributed by atoms with Crippen LogP contribution >= 0.6 is 11.3 Å². The number of thiophene rings is 1. The van der Waals surface area contributed by atoms with Crippen LogP contribution in [0.4, 0.5) is 0 Å². The van der Waals surface area contributed by atoms with Gasteiger partial charge in [-0.1, -0.05) is 97.1 Å². The smallest absolute Gasteiger partial charge is 0.161 e. The first kappa shape index (κ1) is 21.5. The zero-order chi connectivity index (χ0) is 24.6. The minimum atomic E-state index is 0.699. The van der Waals surface area contributed by atoms with E-state index < -0.39 is 0 Å². The van der Waals surface area contributed by atoms with Gasteiger partial charge in [-0.3, -0.25) is 9.97 Å². The number of fused-ring (bicyclic) bond motifs is 3. The van der Waals surface area contributed by atoms with Gasteiger partial charge in [-0.15, -0.1) is 11.3 Å². The lowest BCUT2D eigenvalue weighted by Crippen LogP contribution is -1.95. The number of benzene rings is 4. The fraction of sp³-hybridized carbons (Fsp3) is 0. The molecule has 7 aromatic rings. The van der Waals surface area contributed by atoms with Crippen LogP contribution in [-0.2, 0) is 0 Å². The van der Waals surface area contributed by atoms with Crippen LogP contribution in [0.3, 0.4) is 0 Å². The van der Waals surface area contributed by atoms with Crippen LogP contribution in [0.5, 0.6) is 0 Å². The molecule has 0 saturated heterocycles. The maximum absolute atomic E-state index is 5.14. The van der Waals surface area contributed by atoms with E-state index in [1.807, 2.05) is 30.3 Å². The van der Waals surface area contributed by atoms with Gasteiger partial charge < -0.3 is 0 Å². The standard InChI is InChI=1S/C32H20N4S/c1-3-10-21(11-4-1)28-27-25-16-7-8-17-26(25)37-32(27)36-31(35-28)24-15-9-14-23(20-24)30-29(33-18-19-34-30)22-12-5-2-6-13-22/h1-20H. The quantitative estimate of drug-likeness (QED) is 0.248. The molecule has 0 bridgehead atoms. The van der Waals surface area contributed by atoms with Crippen LogP contribution in [0, 0.1) is 0 Å². The molecule has 0 spiro atoms. The van der Waals surface area contributed by atoms with Crippen molar-refractivity contribution in [2.75, 3.05) is 0 Å². The predicted octanol–water partition coefficient (Wildman–Crippen LogP) is 8.30. The van der Waals surface area contributed by atoms with Crippen molar-refractivity contribution < 1.29 is 0 Å². The minimum absolute atomic E-state index is 0.699. The summed E-state index contributed by atoms with van der Waals surface area (Å²) < 4.78 is 1.21. The third-order valence-electron chi connectivity index (χ3n) is 6.43. The fourth-order valence-corrected chi connectivity index (χ4v) is 5.80. The Hall–Kier alpha value is -4.74. The topological polar surface area (TPSA) is 51.6 Å². The first-order chi connectivity index (χ1) is 18.3. The molecule has 0 atom stereocenters. The highest BCUT2D eigenvalue weighted by molar-refractivity contribution is 7.25. The van der Waals surface area contributed by atoms with Crippen molar-refractivity contribution in [2.45, 2.75) is 0 Å². The molecule has 0 fully saturated rings. The second-order valence-corrected chi connectivity index (χ2v) is 9.77. The summed E-state index contributed by atoms with van der Waals surface area (Å²) in [6.07, 6.45) is 3.47. The predicted molar refractivity (Wildman–Crippen MR) is 152 cm³/mol.